The van der Waals surface area contributed by atoms with E-state index in [2.05, 4.69) is 0 Å². The fourth-order valence-electron chi connectivity index (χ4n) is 1.16. The zero-order valence-corrected chi connectivity index (χ0v) is 10.9. The average molecular weight is 302 g/mol. The van der Waals surface area contributed by atoms with Crippen LogP contribution in [0.25, 0.3) is 10.1 Å². The topological polar surface area (TPSA) is 34.1 Å². The number of rotatable bonds is 1. The number of hydrogen-bond donors (Lipinski definition) is 0. The highest BCUT2D eigenvalue weighted by molar-refractivity contribution is 8.15. The lowest BCUT2D eigenvalue weighted by molar-refractivity contribution is 0.611. The maximum absolute atomic E-state index is 11.1. The standard InChI is InChI=1S/C8H3Cl3O2S2/c9-4-1-6(10)5-3-8(15(11,12)13)14-7(5)2-4/h1-3H. The lowest BCUT2D eigenvalue weighted by atomic mass is 10.3. The number of hydrogen-bond acceptors (Lipinski definition) is 3. The summed E-state index contributed by atoms with van der Waals surface area (Å²) in [5, 5.41) is 1.53. The minimum absolute atomic E-state index is 0.0725. The fourth-order valence-corrected chi connectivity index (χ4v) is 4.03. The number of halogens is 3. The van der Waals surface area contributed by atoms with Gasteiger partial charge < -0.3 is 0 Å². The second-order valence-corrected chi connectivity index (χ2v) is 7.52. The molecule has 7 heteroatoms. The highest BCUT2D eigenvalue weighted by Gasteiger charge is 2.15. The Morgan fingerprint density at radius 3 is 2.40 bits per heavy atom. The third-order valence-electron chi connectivity index (χ3n) is 1.77. The molecule has 0 saturated carbocycles. The Labute approximate surface area is 105 Å². The summed E-state index contributed by atoms with van der Waals surface area (Å²) in [5.41, 5.74) is 0. The predicted molar refractivity (Wildman–Crippen MR) is 64.9 cm³/mol. The fraction of sp³-hybridized carbons (Fsp3) is 0. The average Bonchev–Trinajstić information content (AvgIpc) is 2.46. The van der Waals surface area contributed by atoms with Crippen molar-refractivity contribution in [3.8, 4) is 0 Å². The van der Waals surface area contributed by atoms with Crippen molar-refractivity contribution in [2.75, 3.05) is 0 Å². The van der Waals surface area contributed by atoms with Gasteiger partial charge in [-0.2, -0.15) is 0 Å². The Morgan fingerprint density at radius 1 is 1.13 bits per heavy atom. The van der Waals surface area contributed by atoms with E-state index in [1.165, 1.54) is 6.07 Å². The molecule has 15 heavy (non-hydrogen) atoms. The molecular formula is C8H3Cl3O2S2. The van der Waals surface area contributed by atoms with Gasteiger partial charge in [-0.3, -0.25) is 0 Å². The molecule has 0 aliphatic carbocycles. The Balaban J connectivity index is 2.82. The first kappa shape index (κ1) is 11.5. The van der Waals surface area contributed by atoms with E-state index in [0.717, 1.165) is 11.3 Å². The van der Waals surface area contributed by atoms with Crippen LogP contribution in [0, 0.1) is 0 Å². The van der Waals surface area contributed by atoms with Gasteiger partial charge in [0.2, 0.25) is 0 Å². The van der Waals surface area contributed by atoms with Gasteiger partial charge in [-0.05, 0) is 18.2 Å². The Morgan fingerprint density at radius 2 is 1.80 bits per heavy atom. The van der Waals surface area contributed by atoms with Gasteiger partial charge in [0.15, 0.2) is 0 Å². The molecule has 1 heterocycles. The molecule has 1 aromatic heterocycles. The lowest BCUT2D eigenvalue weighted by Gasteiger charge is -1.93. The van der Waals surface area contributed by atoms with Gasteiger partial charge in [0.05, 0.1) is 5.02 Å². The van der Waals surface area contributed by atoms with Gasteiger partial charge in [-0.1, -0.05) is 23.2 Å². The van der Waals surface area contributed by atoms with Crippen molar-refractivity contribution in [3.05, 3.63) is 28.2 Å². The van der Waals surface area contributed by atoms with Crippen LogP contribution >= 0.6 is 45.2 Å². The predicted octanol–water partition coefficient (Wildman–Crippen LogP) is 4.14. The zero-order chi connectivity index (χ0) is 11.2. The van der Waals surface area contributed by atoms with Crippen LogP contribution in [0.4, 0.5) is 0 Å². The molecule has 1 aromatic carbocycles. The number of benzene rings is 1. The molecule has 0 aliphatic rings. The maximum atomic E-state index is 11.1. The maximum Gasteiger partial charge on any atom is 0.270 e. The van der Waals surface area contributed by atoms with Gasteiger partial charge in [0.1, 0.15) is 4.21 Å². The van der Waals surface area contributed by atoms with Crippen LogP contribution in [0.3, 0.4) is 0 Å². The summed E-state index contributed by atoms with van der Waals surface area (Å²) < 4.78 is 23.0. The Hall–Kier alpha value is -0.000000000000000139. The molecule has 2 nitrogen and oxygen atoms in total. The monoisotopic (exact) mass is 300 g/mol. The van der Waals surface area contributed by atoms with Crippen LogP contribution in [-0.2, 0) is 9.05 Å². The van der Waals surface area contributed by atoms with E-state index in [4.69, 9.17) is 33.9 Å². The molecule has 0 spiro atoms. The minimum Gasteiger partial charge on any atom is -0.206 e. The van der Waals surface area contributed by atoms with E-state index < -0.39 is 9.05 Å². The van der Waals surface area contributed by atoms with Crippen molar-refractivity contribution in [3.63, 3.8) is 0 Å². The van der Waals surface area contributed by atoms with Crippen LogP contribution in [0.1, 0.15) is 0 Å². The Kier molecular flexibility index (Phi) is 2.90. The smallest absolute Gasteiger partial charge is 0.206 e. The second-order valence-electron chi connectivity index (χ2n) is 2.80. The second kappa shape index (κ2) is 3.79. The number of fused-ring (bicyclic) bond motifs is 1. The van der Waals surface area contributed by atoms with E-state index >= 15 is 0 Å². The first-order valence-corrected chi connectivity index (χ1v) is 7.59. The molecule has 0 fully saturated rings. The van der Waals surface area contributed by atoms with Gasteiger partial charge in [-0.15, -0.1) is 11.3 Å². The van der Waals surface area contributed by atoms with E-state index in [1.54, 1.807) is 12.1 Å². The van der Waals surface area contributed by atoms with E-state index in [0.29, 0.717) is 20.1 Å². The van der Waals surface area contributed by atoms with Crippen molar-refractivity contribution in [2.24, 2.45) is 0 Å². The summed E-state index contributed by atoms with van der Waals surface area (Å²) in [6.07, 6.45) is 0. The van der Waals surface area contributed by atoms with Crippen molar-refractivity contribution in [1.82, 2.24) is 0 Å². The molecule has 0 unspecified atom stereocenters. The third-order valence-corrected chi connectivity index (χ3v) is 5.46. The zero-order valence-electron chi connectivity index (χ0n) is 7.00. The SMILES string of the molecule is O=S(=O)(Cl)c1cc2c(Cl)cc(Cl)cc2s1. The summed E-state index contributed by atoms with van der Waals surface area (Å²) in [4.78, 5) is 0. The molecule has 0 bridgehead atoms. The van der Waals surface area contributed by atoms with E-state index in [1.807, 2.05) is 0 Å². The van der Waals surface area contributed by atoms with E-state index in [-0.39, 0.29) is 4.21 Å². The molecule has 0 atom stereocenters. The lowest BCUT2D eigenvalue weighted by Crippen LogP contribution is -1.83. The summed E-state index contributed by atoms with van der Waals surface area (Å²) in [6.45, 7) is 0. The molecule has 80 valence electrons. The summed E-state index contributed by atoms with van der Waals surface area (Å²) >= 11 is 12.7. The normalized spacial score (nSPS) is 12.2. The van der Waals surface area contributed by atoms with Crippen LogP contribution in [0.15, 0.2) is 22.4 Å². The Bertz CT molecular complexity index is 631. The molecule has 2 rings (SSSR count). The molecule has 0 saturated heterocycles. The highest BCUT2D eigenvalue weighted by atomic mass is 35.7. The van der Waals surface area contributed by atoms with Crippen molar-refractivity contribution < 1.29 is 8.42 Å². The summed E-state index contributed by atoms with van der Waals surface area (Å²) in [5.74, 6) is 0. The van der Waals surface area contributed by atoms with Gasteiger partial charge >= 0.3 is 0 Å². The summed E-state index contributed by atoms with van der Waals surface area (Å²) in [7, 11) is 1.52. The van der Waals surface area contributed by atoms with Gasteiger partial charge in [0.25, 0.3) is 9.05 Å². The molecule has 2 aromatic rings. The molecule has 0 amide bonds. The van der Waals surface area contributed by atoms with Crippen molar-refractivity contribution in [2.45, 2.75) is 4.21 Å². The van der Waals surface area contributed by atoms with Crippen LogP contribution in [0.5, 0.6) is 0 Å². The van der Waals surface area contributed by atoms with E-state index in [9.17, 15) is 8.42 Å². The van der Waals surface area contributed by atoms with Gasteiger partial charge in [-0.25, -0.2) is 8.42 Å². The molecule has 0 aliphatic heterocycles. The largest absolute Gasteiger partial charge is 0.270 e. The highest BCUT2D eigenvalue weighted by Crippen LogP contribution is 2.36. The van der Waals surface area contributed by atoms with Crippen LogP contribution in [0.2, 0.25) is 10.0 Å². The minimum atomic E-state index is -3.71. The summed E-state index contributed by atoms with van der Waals surface area (Å²) in [6, 6.07) is 4.66. The first-order valence-electron chi connectivity index (χ1n) is 3.71. The first-order chi connectivity index (χ1) is 6.88. The van der Waals surface area contributed by atoms with Crippen LogP contribution in [-0.4, -0.2) is 8.42 Å². The van der Waals surface area contributed by atoms with Crippen LogP contribution < -0.4 is 0 Å². The number of thiophene rings is 1. The molecule has 0 radical (unpaired) electrons. The molecular weight excluding hydrogens is 299 g/mol. The van der Waals surface area contributed by atoms with Gasteiger partial charge in [0, 0.05) is 25.8 Å². The third kappa shape index (κ3) is 2.24. The van der Waals surface area contributed by atoms with Crippen molar-refractivity contribution >= 4 is 64.4 Å². The molecule has 0 N–H and O–H groups in total. The van der Waals surface area contributed by atoms with Crippen molar-refractivity contribution in [1.29, 1.82) is 0 Å². The quantitative estimate of drug-likeness (QED) is 0.742.